The zero-order valence-corrected chi connectivity index (χ0v) is 30.1. The number of nitrogens with two attached hydrogens (primary N) is 1. The molecule has 0 unspecified atom stereocenters. The molecule has 10 atom stereocenters. The molecule has 3 saturated carbocycles. The van der Waals surface area contributed by atoms with Crippen molar-refractivity contribution in [3.63, 3.8) is 0 Å². The summed E-state index contributed by atoms with van der Waals surface area (Å²) in [6, 6.07) is -1.32. The Balaban J connectivity index is 0.00000529. The van der Waals surface area contributed by atoms with Gasteiger partial charge in [0, 0.05) is 6.42 Å². The van der Waals surface area contributed by atoms with Crippen LogP contribution in [-0.2, 0) is 14.3 Å². The molecule has 3 fully saturated rings. The fraction of sp³-hybridized carbons (Fsp3) is 0.892. The Labute approximate surface area is 274 Å². The van der Waals surface area contributed by atoms with E-state index >= 15 is 0 Å². The molecule has 0 aromatic rings. The Hall–Kier alpha value is -1.11. The van der Waals surface area contributed by atoms with Crippen molar-refractivity contribution >= 4 is 24.3 Å². The Morgan fingerprint density at radius 1 is 1.05 bits per heavy atom. The van der Waals surface area contributed by atoms with Crippen LogP contribution in [0.1, 0.15) is 133 Å². The molecule has 0 heterocycles. The standard InChI is InChI=1S/C37H64N2O4.ClH/c1-22(2)31(38)33(40)39-32(23(3)4)34(41)43-26-16-19-36(8)25(21-26)12-13-27-29-15-14-28(37(29,9)20-17-30(27)36)24(5)11-10-18-35(6,7)42;/h12,22-24,26-32,42H,10-11,13-21,38H2,1-9H3,(H,39,40);1H/t24-,26+,27+,28-,29+,30+,31+,32-,36+,37-;/m1./s1. The Morgan fingerprint density at radius 3 is 2.34 bits per heavy atom. The molecule has 0 bridgehead atoms. The van der Waals surface area contributed by atoms with Crippen molar-refractivity contribution in [3.8, 4) is 0 Å². The normalized spacial score (nSPS) is 35.4. The number of halogens is 1. The SMILES string of the molecule is CC(C)[C@H](N)C(=O)N[C@@H](C(=O)O[C@H]1CC[C@@]2(C)C(=CC[C@H]3[C@@H]4CC[C@H]([C@H](C)CCCC(C)(C)O)[C@@]4(C)CC[C@@H]32)C1)C(C)C.Cl. The van der Waals surface area contributed by atoms with E-state index in [1.165, 1.54) is 37.7 Å². The van der Waals surface area contributed by atoms with Gasteiger partial charge in [0.1, 0.15) is 12.1 Å². The van der Waals surface area contributed by atoms with Crippen LogP contribution in [-0.4, -0.2) is 40.8 Å². The lowest BCUT2D eigenvalue weighted by Gasteiger charge is -2.58. The van der Waals surface area contributed by atoms with Crippen molar-refractivity contribution in [3.05, 3.63) is 11.6 Å². The highest BCUT2D eigenvalue weighted by atomic mass is 35.5. The quantitative estimate of drug-likeness (QED) is 0.160. The van der Waals surface area contributed by atoms with Gasteiger partial charge in [-0.25, -0.2) is 4.79 Å². The molecule has 254 valence electrons. The fourth-order valence-electron chi connectivity index (χ4n) is 10.0. The lowest BCUT2D eigenvalue weighted by molar-refractivity contribution is -0.156. The molecule has 0 spiro atoms. The van der Waals surface area contributed by atoms with E-state index in [9.17, 15) is 14.7 Å². The molecular formula is C37H65ClN2O4. The van der Waals surface area contributed by atoms with Crippen LogP contribution in [0.5, 0.6) is 0 Å². The second-order valence-corrected chi connectivity index (χ2v) is 17.0. The molecule has 0 aromatic heterocycles. The van der Waals surface area contributed by atoms with Crippen molar-refractivity contribution in [2.75, 3.05) is 0 Å². The minimum atomic E-state index is -0.681. The topological polar surface area (TPSA) is 102 Å². The van der Waals surface area contributed by atoms with Gasteiger partial charge in [0.05, 0.1) is 11.6 Å². The first-order valence-electron chi connectivity index (χ1n) is 17.7. The predicted octanol–water partition coefficient (Wildman–Crippen LogP) is 7.60. The molecule has 4 N–H and O–H groups in total. The summed E-state index contributed by atoms with van der Waals surface area (Å²) in [6.07, 6.45) is 14.9. The summed E-state index contributed by atoms with van der Waals surface area (Å²) < 4.78 is 6.11. The first-order valence-corrected chi connectivity index (χ1v) is 17.7. The molecule has 0 saturated heterocycles. The first kappa shape index (κ1) is 37.3. The van der Waals surface area contributed by atoms with E-state index in [0.29, 0.717) is 17.3 Å². The van der Waals surface area contributed by atoms with Crippen molar-refractivity contribution < 1.29 is 19.4 Å². The average Bonchev–Trinajstić information content (AvgIpc) is 3.27. The highest BCUT2D eigenvalue weighted by Gasteiger charge is 2.59. The number of hydrogen-bond acceptors (Lipinski definition) is 5. The zero-order chi connectivity index (χ0) is 31.9. The summed E-state index contributed by atoms with van der Waals surface area (Å²) in [4.78, 5) is 25.9. The summed E-state index contributed by atoms with van der Waals surface area (Å²) in [6.45, 7) is 19.2. The molecule has 4 aliphatic carbocycles. The van der Waals surface area contributed by atoms with Crippen molar-refractivity contribution in [1.29, 1.82) is 0 Å². The number of aliphatic hydroxyl groups is 1. The van der Waals surface area contributed by atoms with Crippen LogP contribution in [0, 0.1) is 52.3 Å². The van der Waals surface area contributed by atoms with Gasteiger partial charge in [-0.15, -0.1) is 12.4 Å². The van der Waals surface area contributed by atoms with Crippen molar-refractivity contribution in [1.82, 2.24) is 5.32 Å². The Bertz CT molecular complexity index is 1040. The van der Waals surface area contributed by atoms with Crippen molar-refractivity contribution in [2.24, 2.45) is 58.0 Å². The summed E-state index contributed by atoms with van der Waals surface area (Å²) in [5.41, 5.74) is 7.61. The summed E-state index contributed by atoms with van der Waals surface area (Å²) >= 11 is 0. The molecule has 0 aliphatic heterocycles. The number of carbonyl (C=O) groups is 2. The highest BCUT2D eigenvalue weighted by Crippen LogP contribution is 2.67. The lowest BCUT2D eigenvalue weighted by Crippen LogP contribution is -2.53. The number of allylic oxidation sites excluding steroid dienone is 1. The number of fused-ring (bicyclic) bond motifs is 5. The maximum Gasteiger partial charge on any atom is 0.329 e. The van der Waals surface area contributed by atoms with Gasteiger partial charge in [0.15, 0.2) is 0 Å². The van der Waals surface area contributed by atoms with E-state index in [4.69, 9.17) is 10.5 Å². The van der Waals surface area contributed by atoms with E-state index in [2.05, 4.69) is 32.2 Å². The number of ether oxygens (including phenoxy) is 1. The summed E-state index contributed by atoms with van der Waals surface area (Å²) in [5, 5.41) is 13.1. The molecule has 4 rings (SSSR count). The van der Waals surface area contributed by atoms with Gasteiger partial charge in [-0.05, 0) is 117 Å². The van der Waals surface area contributed by atoms with Gasteiger partial charge in [-0.1, -0.05) is 73.0 Å². The molecule has 6 nitrogen and oxygen atoms in total. The van der Waals surface area contributed by atoms with Crippen LogP contribution in [0.25, 0.3) is 0 Å². The monoisotopic (exact) mass is 636 g/mol. The first-order chi connectivity index (χ1) is 20.0. The van der Waals surface area contributed by atoms with Gasteiger partial charge in [-0.3, -0.25) is 4.79 Å². The molecule has 0 aromatic carbocycles. The average molecular weight is 637 g/mol. The van der Waals surface area contributed by atoms with E-state index < -0.39 is 17.7 Å². The van der Waals surface area contributed by atoms with Crippen LogP contribution in [0.4, 0.5) is 0 Å². The largest absolute Gasteiger partial charge is 0.461 e. The molecule has 7 heteroatoms. The number of hydrogen-bond donors (Lipinski definition) is 3. The maximum atomic E-state index is 13.3. The van der Waals surface area contributed by atoms with Crippen LogP contribution >= 0.6 is 12.4 Å². The zero-order valence-electron chi connectivity index (χ0n) is 29.3. The van der Waals surface area contributed by atoms with E-state index in [-0.39, 0.29) is 47.6 Å². The van der Waals surface area contributed by atoms with E-state index in [1.807, 2.05) is 41.5 Å². The van der Waals surface area contributed by atoms with Crippen LogP contribution in [0.3, 0.4) is 0 Å². The van der Waals surface area contributed by atoms with E-state index in [1.54, 1.807) is 0 Å². The summed E-state index contributed by atoms with van der Waals surface area (Å²) in [5.74, 6) is 3.08. The summed E-state index contributed by atoms with van der Waals surface area (Å²) in [7, 11) is 0. The van der Waals surface area contributed by atoms with Gasteiger partial charge in [0.2, 0.25) is 5.91 Å². The van der Waals surface area contributed by atoms with Gasteiger partial charge < -0.3 is 20.9 Å². The van der Waals surface area contributed by atoms with Gasteiger partial charge >= 0.3 is 5.97 Å². The van der Waals surface area contributed by atoms with Gasteiger partial charge in [0.25, 0.3) is 0 Å². The fourth-order valence-corrected chi connectivity index (χ4v) is 10.0. The van der Waals surface area contributed by atoms with Crippen LogP contribution in [0.2, 0.25) is 0 Å². The van der Waals surface area contributed by atoms with Crippen molar-refractivity contribution in [2.45, 2.75) is 157 Å². The molecule has 44 heavy (non-hydrogen) atoms. The minimum Gasteiger partial charge on any atom is -0.461 e. The van der Waals surface area contributed by atoms with E-state index in [0.717, 1.165) is 56.3 Å². The number of carbonyl (C=O) groups excluding carboxylic acids is 2. The van der Waals surface area contributed by atoms with Gasteiger partial charge in [-0.2, -0.15) is 0 Å². The maximum absolute atomic E-state index is 13.3. The lowest BCUT2D eigenvalue weighted by atomic mass is 9.47. The highest BCUT2D eigenvalue weighted by molar-refractivity contribution is 5.87. The molecular weight excluding hydrogens is 572 g/mol. The number of esters is 1. The minimum absolute atomic E-state index is 0. The Morgan fingerprint density at radius 2 is 1.73 bits per heavy atom. The smallest absolute Gasteiger partial charge is 0.329 e. The molecule has 4 aliphatic rings. The second-order valence-electron chi connectivity index (χ2n) is 17.0. The third kappa shape index (κ3) is 7.71. The number of amides is 1. The predicted molar refractivity (Wildman–Crippen MR) is 181 cm³/mol. The third-order valence-electron chi connectivity index (χ3n) is 12.8. The van der Waals surface area contributed by atoms with Crippen LogP contribution in [0.15, 0.2) is 11.6 Å². The molecule has 0 radical (unpaired) electrons. The Kier molecular flexibility index (Phi) is 12.2. The number of nitrogens with one attached hydrogen (secondary N) is 1. The molecule has 1 amide bonds. The number of rotatable bonds is 11. The second kappa shape index (κ2) is 14.3. The third-order valence-corrected chi connectivity index (χ3v) is 12.8. The van der Waals surface area contributed by atoms with Crippen LogP contribution < -0.4 is 11.1 Å².